The maximum absolute atomic E-state index is 8.41. The van der Waals surface area contributed by atoms with E-state index in [1.807, 2.05) is 42.3 Å². The van der Waals surface area contributed by atoms with E-state index in [1.54, 1.807) is 0 Å². The van der Waals surface area contributed by atoms with E-state index in [1.165, 1.54) is 0 Å². The predicted octanol–water partition coefficient (Wildman–Crippen LogP) is 1.88. The van der Waals surface area contributed by atoms with Gasteiger partial charge in [-0.15, -0.1) is 0 Å². The Morgan fingerprint density at radius 2 is 2.00 bits per heavy atom. The Balaban J connectivity index is 2.37. The van der Waals surface area contributed by atoms with Gasteiger partial charge in [-0.25, -0.2) is 0 Å². The van der Waals surface area contributed by atoms with E-state index in [4.69, 9.17) is 5.26 Å². The van der Waals surface area contributed by atoms with Crippen LogP contribution in [0.2, 0.25) is 0 Å². The topological polar surface area (TPSA) is 27.0 Å². The molecule has 0 aliphatic carbocycles. The van der Waals surface area contributed by atoms with Gasteiger partial charge in [-0.3, -0.25) is 4.90 Å². The molecule has 0 aromatic heterocycles. The zero-order chi connectivity index (χ0) is 10.9. The van der Waals surface area contributed by atoms with Gasteiger partial charge in [-0.2, -0.15) is 5.26 Å². The van der Waals surface area contributed by atoms with Crippen LogP contribution in [0.15, 0.2) is 30.3 Å². The third-order valence-corrected chi connectivity index (χ3v) is 1.96. The molecule has 0 spiro atoms. The van der Waals surface area contributed by atoms with Gasteiger partial charge in [-0.05, 0) is 19.2 Å². The molecule has 15 heavy (non-hydrogen) atoms. The number of hydrogen-bond acceptors (Lipinski definition) is 2. The van der Waals surface area contributed by atoms with Gasteiger partial charge in [0.25, 0.3) is 0 Å². The molecule has 1 aromatic rings. The molecular weight excluding hydrogens is 184 g/mol. The van der Waals surface area contributed by atoms with Crippen LogP contribution in [-0.4, -0.2) is 25.0 Å². The molecule has 2 heteroatoms. The highest BCUT2D eigenvalue weighted by molar-refractivity contribution is 5.33. The minimum Gasteiger partial charge on any atom is -0.294 e. The zero-order valence-electron chi connectivity index (χ0n) is 8.90. The molecule has 1 rings (SSSR count). The van der Waals surface area contributed by atoms with Crippen LogP contribution in [-0.2, 0) is 0 Å². The minimum absolute atomic E-state index is 0.559. The maximum atomic E-state index is 8.41. The lowest BCUT2D eigenvalue weighted by atomic mass is 10.2. The second-order valence-corrected chi connectivity index (χ2v) is 3.31. The molecule has 0 aliphatic heterocycles. The smallest absolute Gasteiger partial charge is 0.0635 e. The van der Waals surface area contributed by atoms with E-state index in [0.29, 0.717) is 13.0 Å². The highest BCUT2D eigenvalue weighted by Crippen LogP contribution is 1.94. The molecule has 76 valence electrons. The van der Waals surface area contributed by atoms with Crippen LogP contribution in [0, 0.1) is 23.2 Å². The molecule has 0 amide bonds. The molecule has 1 aromatic carbocycles. The summed E-state index contributed by atoms with van der Waals surface area (Å²) in [6.07, 6.45) is 0.559. The quantitative estimate of drug-likeness (QED) is 0.693. The van der Waals surface area contributed by atoms with Crippen molar-refractivity contribution in [3.8, 4) is 17.9 Å². The van der Waals surface area contributed by atoms with Crippen molar-refractivity contribution in [2.75, 3.05) is 20.1 Å². The van der Waals surface area contributed by atoms with Crippen LogP contribution in [0.5, 0.6) is 0 Å². The van der Waals surface area contributed by atoms with Crippen molar-refractivity contribution < 1.29 is 0 Å². The van der Waals surface area contributed by atoms with Crippen molar-refractivity contribution in [1.82, 2.24) is 4.90 Å². The molecule has 0 atom stereocenters. The predicted molar refractivity (Wildman–Crippen MR) is 61.0 cm³/mol. The first-order valence-corrected chi connectivity index (χ1v) is 4.92. The lowest BCUT2D eigenvalue weighted by Crippen LogP contribution is -2.19. The number of benzene rings is 1. The van der Waals surface area contributed by atoms with Crippen molar-refractivity contribution in [3.05, 3.63) is 35.9 Å². The highest BCUT2D eigenvalue weighted by atomic mass is 15.1. The van der Waals surface area contributed by atoms with E-state index in [2.05, 4.69) is 17.9 Å². The summed E-state index contributed by atoms with van der Waals surface area (Å²) in [7, 11) is 1.97. The molecule has 0 N–H and O–H groups in total. The van der Waals surface area contributed by atoms with Gasteiger partial charge in [0, 0.05) is 18.5 Å². The van der Waals surface area contributed by atoms with Crippen molar-refractivity contribution in [1.29, 1.82) is 5.26 Å². The number of nitriles is 1. The second kappa shape index (κ2) is 6.65. The second-order valence-electron chi connectivity index (χ2n) is 3.31. The lowest BCUT2D eigenvalue weighted by Gasteiger charge is -2.09. The van der Waals surface area contributed by atoms with Crippen LogP contribution in [0.1, 0.15) is 12.0 Å². The van der Waals surface area contributed by atoms with Crippen LogP contribution in [0.4, 0.5) is 0 Å². The first-order chi connectivity index (χ1) is 7.33. The molecule has 0 aliphatic rings. The molecule has 0 fully saturated rings. The number of rotatable bonds is 3. The lowest BCUT2D eigenvalue weighted by molar-refractivity contribution is 0.385. The Bertz CT molecular complexity index is 378. The summed E-state index contributed by atoms with van der Waals surface area (Å²) in [6, 6.07) is 12.0. The fraction of sp³-hybridized carbons (Fsp3) is 0.308. The first-order valence-electron chi connectivity index (χ1n) is 4.92. The van der Waals surface area contributed by atoms with E-state index >= 15 is 0 Å². The Morgan fingerprint density at radius 1 is 1.27 bits per heavy atom. The summed E-state index contributed by atoms with van der Waals surface area (Å²) in [6.45, 7) is 1.48. The van der Waals surface area contributed by atoms with Crippen molar-refractivity contribution in [2.45, 2.75) is 6.42 Å². The van der Waals surface area contributed by atoms with Crippen LogP contribution in [0.3, 0.4) is 0 Å². The molecule has 0 saturated heterocycles. The van der Waals surface area contributed by atoms with E-state index < -0.39 is 0 Å². The SMILES string of the molecule is CN(CC#Cc1ccccc1)CCC#N. The Morgan fingerprint density at radius 3 is 2.67 bits per heavy atom. The summed E-state index contributed by atoms with van der Waals surface area (Å²) < 4.78 is 0. The van der Waals surface area contributed by atoms with Crippen molar-refractivity contribution >= 4 is 0 Å². The molecule has 0 saturated carbocycles. The fourth-order valence-electron chi connectivity index (χ4n) is 1.12. The third-order valence-electron chi connectivity index (χ3n) is 1.96. The molecule has 0 bridgehead atoms. The Labute approximate surface area is 91.1 Å². The van der Waals surface area contributed by atoms with E-state index in [9.17, 15) is 0 Å². The molecule has 0 heterocycles. The van der Waals surface area contributed by atoms with Gasteiger partial charge < -0.3 is 0 Å². The van der Waals surface area contributed by atoms with Gasteiger partial charge >= 0.3 is 0 Å². The molecule has 2 nitrogen and oxygen atoms in total. The van der Waals surface area contributed by atoms with Crippen molar-refractivity contribution in [2.24, 2.45) is 0 Å². The number of nitrogens with zero attached hydrogens (tertiary/aromatic N) is 2. The van der Waals surface area contributed by atoms with Gasteiger partial charge in [0.1, 0.15) is 0 Å². The zero-order valence-corrected chi connectivity index (χ0v) is 8.90. The van der Waals surface area contributed by atoms with Crippen LogP contribution >= 0.6 is 0 Å². The largest absolute Gasteiger partial charge is 0.294 e. The first kappa shape index (κ1) is 11.3. The molecular formula is C13H14N2. The summed E-state index contributed by atoms with van der Waals surface area (Å²) in [5.41, 5.74) is 1.03. The Kier molecular flexibility index (Phi) is 5.01. The van der Waals surface area contributed by atoms with E-state index in [-0.39, 0.29) is 0 Å². The summed E-state index contributed by atoms with van der Waals surface area (Å²) >= 11 is 0. The average Bonchev–Trinajstić information content (AvgIpc) is 2.28. The monoisotopic (exact) mass is 198 g/mol. The van der Waals surface area contributed by atoms with Crippen LogP contribution < -0.4 is 0 Å². The fourth-order valence-corrected chi connectivity index (χ4v) is 1.12. The van der Waals surface area contributed by atoms with Gasteiger partial charge in [0.2, 0.25) is 0 Å². The minimum atomic E-state index is 0.559. The summed E-state index contributed by atoms with van der Waals surface area (Å²) in [5, 5.41) is 8.41. The molecule has 0 radical (unpaired) electrons. The third kappa shape index (κ3) is 4.86. The van der Waals surface area contributed by atoms with Gasteiger partial charge in [0.15, 0.2) is 0 Å². The molecule has 0 unspecified atom stereocenters. The van der Waals surface area contributed by atoms with Gasteiger partial charge in [0.05, 0.1) is 12.6 Å². The average molecular weight is 198 g/mol. The van der Waals surface area contributed by atoms with Crippen molar-refractivity contribution in [3.63, 3.8) is 0 Å². The van der Waals surface area contributed by atoms with Gasteiger partial charge in [-0.1, -0.05) is 30.0 Å². The van der Waals surface area contributed by atoms with Crippen LogP contribution in [0.25, 0.3) is 0 Å². The van der Waals surface area contributed by atoms with E-state index in [0.717, 1.165) is 12.1 Å². The summed E-state index contributed by atoms with van der Waals surface area (Å²) in [5.74, 6) is 6.15. The summed E-state index contributed by atoms with van der Waals surface area (Å²) in [4.78, 5) is 2.04. The normalized spacial score (nSPS) is 9.13. The highest BCUT2D eigenvalue weighted by Gasteiger charge is 1.92. The number of hydrogen-bond donors (Lipinski definition) is 0. The maximum Gasteiger partial charge on any atom is 0.0635 e. The Hall–Kier alpha value is -1.77. The standard InChI is InChI=1S/C13H14N2/c1-15(12-6-10-14)11-5-9-13-7-3-2-4-8-13/h2-4,7-8H,6,11-12H2,1H3.